The molecule has 4 nitrogen and oxygen atoms in total. The van der Waals surface area contributed by atoms with Crippen LogP contribution in [-0.2, 0) is 0 Å². The zero-order chi connectivity index (χ0) is 21.4. The van der Waals surface area contributed by atoms with Crippen LogP contribution >= 0.6 is 58.0 Å². The van der Waals surface area contributed by atoms with Crippen LogP contribution in [0.15, 0.2) is 48.9 Å². The first-order valence-electron chi connectivity index (χ1n) is 8.29. The van der Waals surface area contributed by atoms with Crippen molar-refractivity contribution < 1.29 is 4.39 Å². The van der Waals surface area contributed by atoms with Crippen LogP contribution in [0.4, 0.5) is 4.39 Å². The molecule has 0 saturated carbocycles. The average molecular weight is 501 g/mol. The lowest BCUT2D eigenvalue weighted by Gasteiger charge is -2.13. The van der Waals surface area contributed by atoms with Crippen LogP contribution in [0.2, 0.25) is 25.2 Å². The smallest absolute Gasteiger partial charge is 0.151 e. The lowest BCUT2D eigenvalue weighted by Crippen LogP contribution is -2.00. The number of aromatic nitrogens is 4. The summed E-state index contributed by atoms with van der Waals surface area (Å²) in [6, 6.07) is 7.63. The fraction of sp³-hybridized carbons (Fsp3) is 0. The minimum atomic E-state index is -0.639. The molecule has 0 aliphatic carbocycles. The number of pyridine rings is 4. The first-order chi connectivity index (χ1) is 14.3. The van der Waals surface area contributed by atoms with E-state index in [4.69, 9.17) is 58.0 Å². The summed E-state index contributed by atoms with van der Waals surface area (Å²) in [6.45, 7) is 0. The second-order valence-corrected chi connectivity index (χ2v) is 8.01. The maximum atomic E-state index is 15.1. The summed E-state index contributed by atoms with van der Waals surface area (Å²) in [5.74, 6) is -0.639. The van der Waals surface area contributed by atoms with Crippen molar-refractivity contribution in [1.82, 2.24) is 19.9 Å². The van der Waals surface area contributed by atoms with E-state index in [1.807, 2.05) is 0 Å². The summed E-state index contributed by atoms with van der Waals surface area (Å²) < 4.78 is 15.1. The van der Waals surface area contributed by atoms with Crippen LogP contribution in [0, 0.1) is 5.82 Å². The summed E-state index contributed by atoms with van der Waals surface area (Å²) in [5, 5.41) is 1.18. The zero-order valence-electron chi connectivity index (χ0n) is 14.7. The van der Waals surface area contributed by atoms with Gasteiger partial charge in [-0.05, 0) is 30.3 Å². The molecule has 150 valence electrons. The number of nitrogens with zero attached hydrogens (tertiary/aromatic N) is 4. The highest BCUT2D eigenvalue weighted by Crippen LogP contribution is 2.38. The van der Waals surface area contributed by atoms with Crippen molar-refractivity contribution in [2.75, 3.05) is 0 Å². The van der Waals surface area contributed by atoms with E-state index in [0.29, 0.717) is 22.5 Å². The fourth-order valence-corrected chi connectivity index (χ4v) is 3.48. The van der Waals surface area contributed by atoms with E-state index in [9.17, 15) is 0 Å². The topological polar surface area (TPSA) is 51.6 Å². The van der Waals surface area contributed by atoms with Crippen molar-refractivity contribution in [2.45, 2.75) is 0 Å². The van der Waals surface area contributed by atoms with Crippen molar-refractivity contribution >= 4 is 58.0 Å². The second kappa shape index (κ2) is 8.61. The minimum Gasteiger partial charge on any atom is -0.253 e. The van der Waals surface area contributed by atoms with Gasteiger partial charge in [-0.3, -0.25) is 9.97 Å². The number of rotatable bonds is 3. The van der Waals surface area contributed by atoms with Crippen LogP contribution in [-0.4, -0.2) is 19.9 Å². The molecule has 0 spiro atoms. The predicted octanol–water partition coefficient (Wildman–Crippen LogP) is 7.67. The Bertz CT molecular complexity index is 1280. The van der Waals surface area contributed by atoms with Gasteiger partial charge in [0.2, 0.25) is 0 Å². The third-order valence-corrected chi connectivity index (χ3v) is 5.85. The number of halogens is 6. The molecule has 0 atom stereocenters. The van der Waals surface area contributed by atoms with Crippen molar-refractivity contribution in [3.05, 3.63) is 80.0 Å². The van der Waals surface area contributed by atoms with Crippen LogP contribution in [0.1, 0.15) is 0 Å². The third-order valence-electron chi connectivity index (χ3n) is 4.13. The Labute approximate surface area is 195 Å². The molecule has 30 heavy (non-hydrogen) atoms. The molecular weight excluding hydrogens is 493 g/mol. The Morgan fingerprint density at radius 1 is 0.667 bits per heavy atom. The molecule has 0 radical (unpaired) electrons. The van der Waals surface area contributed by atoms with E-state index in [1.54, 1.807) is 12.1 Å². The van der Waals surface area contributed by atoms with Gasteiger partial charge in [-0.25, -0.2) is 14.4 Å². The molecule has 0 saturated heterocycles. The van der Waals surface area contributed by atoms with Crippen molar-refractivity contribution in [1.29, 1.82) is 0 Å². The van der Waals surface area contributed by atoms with Gasteiger partial charge in [0.05, 0.1) is 37.2 Å². The highest BCUT2D eigenvalue weighted by atomic mass is 35.5. The second-order valence-electron chi connectivity index (χ2n) is 6.02. The van der Waals surface area contributed by atoms with E-state index in [1.165, 1.54) is 36.8 Å². The van der Waals surface area contributed by atoms with Gasteiger partial charge >= 0.3 is 0 Å². The quantitative estimate of drug-likeness (QED) is 0.271. The molecule has 4 aromatic heterocycles. The molecule has 0 aliphatic rings. The van der Waals surface area contributed by atoms with Crippen molar-refractivity contribution in [3.8, 4) is 33.9 Å². The van der Waals surface area contributed by atoms with E-state index < -0.39 is 5.82 Å². The molecule has 0 amide bonds. The Kier molecular flexibility index (Phi) is 6.09. The summed E-state index contributed by atoms with van der Waals surface area (Å²) in [5.41, 5.74) is 1.68. The number of hydrogen-bond donors (Lipinski definition) is 0. The van der Waals surface area contributed by atoms with Crippen LogP contribution in [0.25, 0.3) is 33.9 Å². The number of hydrogen-bond acceptors (Lipinski definition) is 4. The Morgan fingerprint density at radius 2 is 1.27 bits per heavy atom. The summed E-state index contributed by atoms with van der Waals surface area (Å²) in [4.78, 5) is 17.0. The molecule has 0 N–H and O–H groups in total. The van der Waals surface area contributed by atoms with Gasteiger partial charge in [0.15, 0.2) is 5.82 Å². The molecule has 0 aliphatic heterocycles. The molecule has 0 bridgehead atoms. The Hall–Kier alpha value is -2.02. The predicted molar refractivity (Wildman–Crippen MR) is 119 cm³/mol. The van der Waals surface area contributed by atoms with E-state index >= 15 is 4.39 Å². The van der Waals surface area contributed by atoms with Crippen LogP contribution < -0.4 is 0 Å². The summed E-state index contributed by atoms with van der Waals surface area (Å²) in [7, 11) is 0. The van der Waals surface area contributed by atoms with E-state index in [0.717, 1.165) is 0 Å². The van der Waals surface area contributed by atoms with E-state index in [-0.39, 0.29) is 36.6 Å². The van der Waals surface area contributed by atoms with Crippen LogP contribution in [0.5, 0.6) is 0 Å². The molecular formula is C20H8Cl5FN4. The molecule has 4 rings (SSSR count). The lowest BCUT2D eigenvalue weighted by molar-refractivity contribution is 0.626. The molecule has 4 heterocycles. The maximum absolute atomic E-state index is 15.1. The van der Waals surface area contributed by atoms with Gasteiger partial charge in [-0.15, -0.1) is 0 Å². The highest BCUT2D eigenvalue weighted by molar-refractivity contribution is 6.42. The normalized spacial score (nSPS) is 11.0. The van der Waals surface area contributed by atoms with Gasteiger partial charge in [-0.1, -0.05) is 58.0 Å². The monoisotopic (exact) mass is 498 g/mol. The largest absolute Gasteiger partial charge is 0.253 e. The lowest BCUT2D eigenvalue weighted by atomic mass is 10.0. The standard InChI is InChI=1S/C20H8Cl5FN4/c21-11-5-16(28-7-13(11)23)18-10(9-2-1-3-27-20(9)25)4-15(26)19(30-18)17-6-12(22)14(24)8-29-17/h1-8H. The molecule has 4 aromatic rings. The fourth-order valence-electron chi connectivity index (χ4n) is 2.74. The van der Waals surface area contributed by atoms with Gasteiger partial charge < -0.3 is 0 Å². The average Bonchev–Trinajstić information content (AvgIpc) is 2.72. The van der Waals surface area contributed by atoms with Crippen LogP contribution in [0.3, 0.4) is 0 Å². The Morgan fingerprint density at radius 3 is 1.83 bits per heavy atom. The zero-order valence-corrected chi connectivity index (χ0v) is 18.5. The minimum absolute atomic E-state index is 0.0415. The first-order valence-corrected chi connectivity index (χ1v) is 10.2. The SMILES string of the molecule is Fc1cc(-c2cccnc2Cl)c(-c2cc(Cl)c(Cl)cn2)nc1-c1cc(Cl)c(Cl)cn1. The molecule has 0 fully saturated rings. The van der Waals surface area contributed by atoms with E-state index in [2.05, 4.69) is 19.9 Å². The summed E-state index contributed by atoms with van der Waals surface area (Å²) >= 11 is 30.4. The Balaban J connectivity index is 2.01. The molecule has 0 aromatic carbocycles. The third kappa shape index (κ3) is 4.09. The van der Waals surface area contributed by atoms with Crippen molar-refractivity contribution in [3.63, 3.8) is 0 Å². The first kappa shape index (κ1) is 21.2. The van der Waals surface area contributed by atoms with Gasteiger partial charge in [0, 0.05) is 29.7 Å². The van der Waals surface area contributed by atoms with Gasteiger partial charge in [-0.2, -0.15) is 0 Å². The van der Waals surface area contributed by atoms with Gasteiger partial charge in [0.25, 0.3) is 0 Å². The summed E-state index contributed by atoms with van der Waals surface area (Å²) in [6.07, 6.45) is 4.24. The maximum Gasteiger partial charge on any atom is 0.151 e. The highest BCUT2D eigenvalue weighted by Gasteiger charge is 2.20. The molecule has 0 unspecified atom stereocenters. The van der Waals surface area contributed by atoms with Gasteiger partial charge in [0.1, 0.15) is 10.8 Å². The van der Waals surface area contributed by atoms with Crippen molar-refractivity contribution in [2.24, 2.45) is 0 Å². The molecule has 10 heteroatoms.